The number of halogens is 2. The molecule has 0 saturated carbocycles. The van der Waals surface area contributed by atoms with Crippen LogP contribution in [0, 0.1) is 0 Å². The van der Waals surface area contributed by atoms with E-state index in [2.05, 4.69) is 34.6 Å². The summed E-state index contributed by atoms with van der Waals surface area (Å²) < 4.78 is 5.74. The van der Waals surface area contributed by atoms with Gasteiger partial charge in [-0.15, -0.1) is 24.8 Å². The molecule has 9 heteroatoms. The summed E-state index contributed by atoms with van der Waals surface area (Å²) in [5.74, 6) is 1.07. The van der Waals surface area contributed by atoms with Crippen molar-refractivity contribution in [2.45, 2.75) is 50.7 Å². The highest BCUT2D eigenvalue weighted by Gasteiger charge is 2.35. The Bertz CT molecular complexity index is 1260. The van der Waals surface area contributed by atoms with E-state index in [4.69, 9.17) is 4.74 Å². The number of nitrogens with zero attached hydrogens (tertiary/aromatic N) is 3. The average molecular weight is 572 g/mol. The highest BCUT2D eigenvalue weighted by Crippen LogP contribution is 2.35. The molecule has 0 bridgehead atoms. The summed E-state index contributed by atoms with van der Waals surface area (Å²) in [6.07, 6.45) is 6.97. The Morgan fingerprint density at radius 1 is 1.10 bits per heavy atom. The van der Waals surface area contributed by atoms with Gasteiger partial charge in [0.2, 0.25) is 11.8 Å². The second-order valence-corrected chi connectivity index (χ2v) is 9.86. The summed E-state index contributed by atoms with van der Waals surface area (Å²) in [4.78, 5) is 33.8. The normalized spacial score (nSPS) is 18.5. The number of aromatic nitrogens is 1. The van der Waals surface area contributed by atoms with Gasteiger partial charge in [-0.1, -0.05) is 36.4 Å². The van der Waals surface area contributed by atoms with Crippen molar-refractivity contribution in [3.63, 3.8) is 0 Å². The van der Waals surface area contributed by atoms with E-state index in [1.54, 1.807) is 24.4 Å². The first-order valence-electron chi connectivity index (χ1n) is 13.0. The van der Waals surface area contributed by atoms with Gasteiger partial charge in [-0.25, -0.2) is 0 Å². The molecular weight excluding hydrogens is 535 g/mol. The molecule has 1 aromatic heterocycles. The Morgan fingerprint density at radius 2 is 1.90 bits per heavy atom. The zero-order valence-electron chi connectivity index (χ0n) is 22.3. The maximum absolute atomic E-state index is 13.5. The van der Waals surface area contributed by atoms with Gasteiger partial charge in [0.25, 0.3) is 0 Å². The van der Waals surface area contributed by atoms with Crippen molar-refractivity contribution >= 4 is 42.3 Å². The zero-order valence-corrected chi connectivity index (χ0v) is 24.0. The van der Waals surface area contributed by atoms with Crippen LogP contribution in [0.15, 0.2) is 67.0 Å². The van der Waals surface area contributed by atoms with E-state index < -0.39 is 0 Å². The van der Waals surface area contributed by atoms with E-state index >= 15 is 0 Å². The van der Waals surface area contributed by atoms with Crippen LogP contribution in [-0.4, -0.2) is 48.4 Å². The third-order valence-electron chi connectivity index (χ3n) is 7.55. The minimum Gasteiger partial charge on any atom is -0.496 e. The lowest BCUT2D eigenvalue weighted by atomic mass is 9.89. The summed E-state index contributed by atoms with van der Waals surface area (Å²) in [6.45, 7) is 1.31. The van der Waals surface area contributed by atoms with E-state index in [9.17, 15) is 9.59 Å². The molecule has 2 atom stereocenters. The van der Waals surface area contributed by atoms with Crippen LogP contribution in [0.5, 0.6) is 5.75 Å². The maximum atomic E-state index is 13.5. The quantitative estimate of drug-likeness (QED) is 0.437. The van der Waals surface area contributed by atoms with Gasteiger partial charge in [0.05, 0.1) is 19.6 Å². The number of carbonyl (C=O) groups excluding carboxylic acids is 2. The van der Waals surface area contributed by atoms with Crippen LogP contribution in [0.1, 0.15) is 47.6 Å². The number of ether oxygens (including phenoxy) is 1. The van der Waals surface area contributed by atoms with Gasteiger partial charge in [0.1, 0.15) is 5.75 Å². The Morgan fingerprint density at radius 3 is 2.62 bits per heavy atom. The van der Waals surface area contributed by atoms with E-state index in [0.29, 0.717) is 19.4 Å². The van der Waals surface area contributed by atoms with Crippen LogP contribution in [0.3, 0.4) is 0 Å². The minimum absolute atomic E-state index is 0. The molecule has 0 aliphatic carbocycles. The van der Waals surface area contributed by atoms with E-state index in [0.717, 1.165) is 59.5 Å². The molecular formula is C30H36Cl2N4O3. The van der Waals surface area contributed by atoms with Gasteiger partial charge in [0, 0.05) is 56.2 Å². The molecule has 2 aliphatic rings. The first-order chi connectivity index (χ1) is 18.0. The van der Waals surface area contributed by atoms with Crippen LogP contribution in [0.2, 0.25) is 0 Å². The monoisotopic (exact) mass is 570 g/mol. The molecule has 1 N–H and O–H groups in total. The second-order valence-electron chi connectivity index (χ2n) is 9.86. The molecule has 0 radical (unpaired) electrons. The van der Waals surface area contributed by atoms with Gasteiger partial charge in [-0.3, -0.25) is 14.6 Å². The fourth-order valence-electron chi connectivity index (χ4n) is 5.61. The summed E-state index contributed by atoms with van der Waals surface area (Å²) in [6, 6.07) is 18.2. The third kappa shape index (κ3) is 6.72. The minimum atomic E-state index is -0.0769. The van der Waals surface area contributed by atoms with Gasteiger partial charge in [-0.05, 0) is 54.2 Å². The number of benzene rings is 2. The van der Waals surface area contributed by atoms with Gasteiger partial charge >= 0.3 is 0 Å². The maximum Gasteiger partial charge on any atom is 0.227 e. The largest absolute Gasteiger partial charge is 0.496 e. The smallest absolute Gasteiger partial charge is 0.227 e. The Kier molecular flexibility index (Phi) is 10.7. The highest BCUT2D eigenvalue weighted by molar-refractivity contribution is 5.96. The van der Waals surface area contributed by atoms with E-state index in [1.807, 2.05) is 42.3 Å². The predicted molar refractivity (Wildman–Crippen MR) is 158 cm³/mol. The molecule has 0 spiro atoms. The number of carbonyl (C=O) groups is 2. The number of hydrogen-bond donors (Lipinski definition) is 1. The summed E-state index contributed by atoms with van der Waals surface area (Å²) in [7, 11) is 3.53. The van der Waals surface area contributed by atoms with E-state index in [1.165, 1.54) is 0 Å². The molecule has 208 valence electrons. The molecule has 5 rings (SSSR count). The zero-order chi connectivity index (χ0) is 25.8. The Labute approximate surface area is 242 Å². The third-order valence-corrected chi connectivity index (χ3v) is 7.55. The van der Waals surface area contributed by atoms with Gasteiger partial charge in [0.15, 0.2) is 0 Å². The fourth-order valence-corrected chi connectivity index (χ4v) is 5.61. The van der Waals surface area contributed by atoms with Crippen molar-refractivity contribution < 1.29 is 14.3 Å². The van der Waals surface area contributed by atoms with Crippen LogP contribution in [0.4, 0.5) is 5.69 Å². The highest BCUT2D eigenvalue weighted by atomic mass is 35.5. The average Bonchev–Trinajstić information content (AvgIpc) is 2.94. The number of likely N-dealkylation sites (tertiary alicyclic amines) is 1. The number of amides is 2. The van der Waals surface area contributed by atoms with Crippen molar-refractivity contribution in [1.82, 2.24) is 15.2 Å². The molecule has 2 aliphatic heterocycles. The lowest BCUT2D eigenvalue weighted by Crippen LogP contribution is -2.50. The number of pyridine rings is 1. The molecule has 7 nitrogen and oxygen atoms in total. The number of fused-ring (bicyclic) bond motifs is 1. The van der Waals surface area contributed by atoms with Crippen LogP contribution in [0.25, 0.3) is 0 Å². The van der Waals surface area contributed by atoms with Crippen molar-refractivity contribution in [3.05, 3.63) is 89.2 Å². The first-order valence-corrected chi connectivity index (χ1v) is 13.0. The van der Waals surface area contributed by atoms with Crippen LogP contribution in [-0.2, 0) is 29.0 Å². The SMILES string of the molecule is COc1cc2c(cc1CN[C@H]1CCCN(C(=O)Cc3cccnc3)[C@H]1c1ccccc1)N(C)C(=O)CC2.Cl.Cl. The summed E-state index contributed by atoms with van der Waals surface area (Å²) in [5, 5.41) is 3.75. The second kappa shape index (κ2) is 13.8. The predicted octanol–water partition coefficient (Wildman–Crippen LogP) is 4.91. The van der Waals surface area contributed by atoms with E-state index in [-0.39, 0.29) is 48.7 Å². The van der Waals surface area contributed by atoms with Crippen molar-refractivity contribution in [1.29, 1.82) is 0 Å². The van der Waals surface area contributed by atoms with Gasteiger partial charge in [-0.2, -0.15) is 0 Å². The Hall–Kier alpha value is -3.13. The molecule has 2 aromatic carbocycles. The van der Waals surface area contributed by atoms with Crippen LogP contribution < -0.4 is 15.0 Å². The summed E-state index contributed by atoms with van der Waals surface area (Å²) >= 11 is 0. The standard InChI is InChI=1S/C30H34N4O3.2ClH/c1-33-26-17-24(27(37-2)18-23(26)12-13-28(33)35)20-32-25-11-7-15-34(30(25)22-9-4-3-5-10-22)29(36)16-21-8-6-14-31-19-21;;/h3-6,8-10,14,17-19,25,30,32H,7,11-13,15-16,20H2,1-2H3;2*1H/t25-,30-;;/m0../s1. The Balaban J connectivity index is 0.00000210. The van der Waals surface area contributed by atoms with Crippen molar-refractivity contribution in [2.24, 2.45) is 0 Å². The number of rotatable bonds is 7. The number of piperidine rings is 1. The first kappa shape index (κ1) is 30.4. The van der Waals surface area contributed by atoms with Crippen LogP contribution >= 0.6 is 24.8 Å². The molecule has 39 heavy (non-hydrogen) atoms. The number of nitrogens with one attached hydrogen (secondary N) is 1. The molecule has 1 saturated heterocycles. The molecule has 0 unspecified atom stereocenters. The number of aryl methyl sites for hydroxylation is 1. The lowest BCUT2D eigenvalue weighted by molar-refractivity contribution is -0.135. The molecule has 2 amide bonds. The summed E-state index contributed by atoms with van der Waals surface area (Å²) in [5.41, 5.74) is 5.14. The van der Waals surface area contributed by atoms with Gasteiger partial charge < -0.3 is 19.9 Å². The number of anilines is 1. The van der Waals surface area contributed by atoms with Crippen molar-refractivity contribution in [3.8, 4) is 5.75 Å². The van der Waals surface area contributed by atoms with Crippen molar-refractivity contribution in [2.75, 3.05) is 25.6 Å². The number of methoxy groups -OCH3 is 1. The lowest BCUT2D eigenvalue weighted by Gasteiger charge is -2.42. The number of hydrogen-bond acceptors (Lipinski definition) is 5. The molecule has 3 heterocycles. The topological polar surface area (TPSA) is 74.8 Å². The molecule has 3 aromatic rings. The fraction of sp³-hybridized carbons (Fsp3) is 0.367. The molecule has 1 fully saturated rings.